The van der Waals surface area contributed by atoms with Crippen molar-refractivity contribution in [3.05, 3.63) is 0 Å². The molecule has 0 aromatic rings. The van der Waals surface area contributed by atoms with E-state index in [0.29, 0.717) is 12.5 Å². The van der Waals surface area contributed by atoms with E-state index in [1.165, 1.54) is 0 Å². The number of carboxylic acids is 1. The van der Waals surface area contributed by atoms with Crippen LogP contribution in [0.3, 0.4) is 0 Å². The molecule has 0 saturated carbocycles. The lowest BCUT2D eigenvalue weighted by molar-refractivity contribution is -0.138. The molecule has 112 valence electrons. The first-order chi connectivity index (χ1) is 8.83. The van der Waals surface area contributed by atoms with Gasteiger partial charge in [0.05, 0.1) is 6.04 Å². The van der Waals surface area contributed by atoms with Crippen LogP contribution in [0.25, 0.3) is 0 Å². The minimum atomic E-state index is -0.916. The highest BCUT2D eigenvalue weighted by molar-refractivity contribution is 5.82. The largest absolute Gasteiger partial charge is 0.481 e. The third-order valence-corrected chi connectivity index (χ3v) is 3.21. The first-order valence-electron chi connectivity index (χ1n) is 7.11. The van der Waals surface area contributed by atoms with Crippen LogP contribution in [-0.4, -0.2) is 40.5 Å². The third kappa shape index (κ3) is 6.57. The number of hydrogen-bond donors (Lipinski definition) is 2. The summed E-state index contributed by atoms with van der Waals surface area (Å²) in [6.07, 6.45) is 1.91. The molecule has 0 spiro atoms. The average Bonchev–Trinajstić information content (AvgIpc) is 2.34. The van der Waals surface area contributed by atoms with Gasteiger partial charge in [0.1, 0.15) is 0 Å². The summed E-state index contributed by atoms with van der Waals surface area (Å²) in [7, 11) is 0. The summed E-state index contributed by atoms with van der Waals surface area (Å²) in [5, 5.41) is 8.65. The Morgan fingerprint density at radius 2 is 1.74 bits per heavy atom. The zero-order valence-electron chi connectivity index (χ0n) is 12.6. The second-order valence-electron chi connectivity index (χ2n) is 5.39. The lowest BCUT2D eigenvalue weighted by Crippen LogP contribution is -2.49. The average molecular weight is 272 g/mol. The van der Waals surface area contributed by atoms with Gasteiger partial charge in [0.25, 0.3) is 0 Å². The van der Waals surface area contributed by atoms with Crippen LogP contribution in [0.4, 0.5) is 0 Å². The molecule has 0 aromatic carbocycles. The first-order valence-corrected chi connectivity index (χ1v) is 7.11. The quantitative estimate of drug-likeness (QED) is 0.671. The molecular formula is C14H28N2O3. The molecule has 0 heterocycles. The van der Waals surface area contributed by atoms with Crippen molar-refractivity contribution in [1.29, 1.82) is 0 Å². The van der Waals surface area contributed by atoms with E-state index in [1.807, 2.05) is 4.90 Å². The number of nitrogens with zero attached hydrogens (tertiary/aromatic N) is 1. The van der Waals surface area contributed by atoms with E-state index in [0.717, 1.165) is 12.8 Å². The number of carboxylic acid groups (broad SMARTS) is 1. The molecule has 1 atom stereocenters. The standard InChI is InChI=1S/C14H28N2O3/c1-5-11(6-2)16(9-10(3)4)14(19)12(15)7-8-13(17)18/h10-12H,5-9,15H2,1-4H3,(H,17,18). The van der Waals surface area contributed by atoms with Gasteiger partial charge >= 0.3 is 5.97 Å². The molecule has 0 saturated heterocycles. The van der Waals surface area contributed by atoms with Crippen molar-refractivity contribution in [2.45, 2.75) is 65.5 Å². The van der Waals surface area contributed by atoms with Gasteiger partial charge < -0.3 is 15.7 Å². The molecule has 0 aliphatic carbocycles. The molecule has 0 aliphatic rings. The maximum Gasteiger partial charge on any atom is 0.303 e. The molecule has 0 radical (unpaired) electrons. The number of carbonyl (C=O) groups excluding carboxylic acids is 1. The highest BCUT2D eigenvalue weighted by atomic mass is 16.4. The van der Waals surface area contributed by atoms with E-state index in [9.17, 15) is 9.59 Å². The van der Waals surface area contributed by atoms with Gasteiger partial charge in [-0.25, -0.2) is 0 Å². The zero-order chi connectivity index (χ0) is 15.0. The zero-order valence-corrected chi connectivity index (χ0v) is 12.6. The van der Waals surface area contributed by atoms with Gasteiger partial charge in [-0.3, -0.25) is 9.59 Å². The highest BCUT2D eigenvalue weighted by Gasteiger charge is 2.26. The van der Waals surface area contributed by atoms with E-state index in [4.69, 9.17) is 10.8 Å². The predicted octanol–water partition coefficient (Wildman–Crippen LogP) is 1.85. The van der Waals surface area contributed by atoms with Crippen molar-refractivity contribution in [2.24, 2.45) is 11.7 Å². The van der Waals surface area contributed by atoms with E-state index < -0.39 is 12.0 Å². The SMILES string of the molecule is CCC(CC)N(CC(C)C)C(=O)C(N)CCC(=O)O. The van der Waals surface area contributed by atoms with Crippen LogP contribution in [0.2, 0.25) is 0 Å². The fraction of sp³-hybridized carbons (Fsp3) is 0.857. The summed E-state index contributed by atoms with van der Waals surface area (Å²) in [5.41, 5.74) is 5.83. The molecule has 1 amide bonds. The first kappa shape index (κ1) is 17.9. The minimum Gasteiger partial charge on any atom is -0.481 e. The summed E-state index contributed by atoms with van der Waals surface area (Å²) in [6.45, 7) is 8.90. The molecule has 19 heavy (non-hydrogen) atoms. The lowest BCUT2D eigenvalue weighted by Gasteiger charge is -2.34. The molecule has 0 aliphatic heterocycles. The van der Waals surface area contributed by atoms with Crippen molar-refractivity contribution in [2.75, 3.05) is 6.54 Å². The normalized spacial score (nSPS) is 12.8. The molecule has 1 unspecified atom stereocenters. The Bertz CT molecular complexity index is 288. The molecule has 0 aromatic heterocycles. The summed E-state index contributed by atoms with van der Waals surface area (Å²) >= 11 is 0. The molecule has 5 heteroatoms. The Labute approximate surface area is 116 Å². The Morgan fingerprint density at radius 1 is 1.21 bits per heavy atom. The van der Waals surface area contributed by atoms with Crippen molar-refractivity contribution >= 4 is 11.9 Å². The van der Waals surface area contributed by atoms with Gasteiger partial charge in [0.2, 0.25) is 5.91 Å². The van der Waals surface area contributed by atoms with Crippen molar-refractivity contribution in [1.82, 2.24) is 4.90 Å². The number of aliphatic carboxylic acids is 1. The predicted molar refractivity (Wildman–Crippen MR) is 75.8 cm³/mol. The topological polar surface area (TPSA) is 83.6 Å². The Kier molecular flexibility index (Phi) is 8.39. The maximum absolute atomic E-state index is 12.4. The Balaban J connectivity index is 4.73. The second-order valence-corrected chi connectivity index (χ2v) is 5.39. The molecular weight excluding hydrogens is 244 g/mol. The summed E-state index contributed by atoms with van der Waals surface area (Å²) in [4.78, 5) is 24.7. The Morgan fingerprint density at radius 3 is 2.11 bits per heavy atom. The van der Waals surface area contributed by atoms with Gasteiger partial charge in [0.15, 0.2) is 0 Å². The van der Waals surface area contributed by atoms with Crippen molar-refractivity contribution in [3.8, 4) is 0 Å². The van der Waals surface area contributed by atoms with Crippen LogP contribution >= 0.6 is 0 Å². The molecule has 0 fully saturated rings. The number of carbonyl (C=O) groups is 2. The van der Waals surface area contributed by atoms with E-state index in [-0.39, 0.29) is 24.8 Å². The monoisotopic (exact) mass is 272 g/mol. The molecule has 0 rings (SSSR count). The van der Waals surface area contributed by atoms with Crippen molar-refractivity contribution < 1.29 is 14.7 Å². The third-order valence-electron chi connectivity index (χ3n) is 3.21. The van der Waals surface area contributed by atoms with Gasteiger partial charge in [-0.2, -0.15) is 0 Å². The lowest BCUT2D eigenvalue weighted by atomic mass is 10.0. The highest BCUT2D eigenvalue weighted by Crippen LogP contribution is 2.14. The van der Waals surface area contributed by atoms with Gasteiger partial charge in [-0.15, -0.1) is 0 Å². The number of amides is 1. The van der Waals surface area contributed by atoms with Crippen molar-refractivity contribution in [3.63, 3.8) is 0 Å². The molecule has 5 nitrogen and oxygen atoms in total. The number of hydrogen-bond acceptors (Lipinski definition) is 3. The summed E-state index contributed by atoms with van der Waals surface area (Å²) in [5.74, 6) is -0.666. The van der Waals surface area contributed by atoms with Crippen LogP contribution in [0.1, 0.15) is 53.4 Å². The number of rotatable bonds is 9. The fourth-order valence-corrected chi connectivity index (χ4v) is 2.16. The van der Waals surface area contributed by atoms with Crippen LogP contribution in [0.5, 0.6) is 0 Å². The van der Waals surface area contributed by atoms with Crippen LogP contribution < -0.4 is 5.73 Å². The Hall–Kier alpha value is -1.10. The van der Waals surface area contributed by atoms with E-state index in [1.54, 1.807) is 0 Å². The van der Waals surface area contributed by atoms with Gasteiger partial charge in [-0.1, -0.05) is 27.7 Å². The fourth-order valence-electron chi connectivity index (χ4n) is 2.16. The maximum atomic E-state index is 12.4. The van der Waals surface area contributed by atoms with Crippen LogP contribution in [-0.2, 0) is 9.59 Å². The van der Waals surface area contributed by atoms with E-state index >= 15 is 0 Å². The van der Waals surface area contributed by atoms with Crippen LogP contribution in [0.15, 0.2) is 0 Å². The summed E-state index contributed by atoms with van der Waals surface area (Å²) < 4.78 is 0. The van der Waals surface area contributed by atoms with Gasteiger partial charge in [-0.05, 0) is 25.2 Å². The molecule has 3 N–H and O–H groups in total. The second kappa shape index (κ2) is 8.91. The van der Waals surface area contributed by atoms with Gasteiger partial charge in [0, 0.05) is 19.0 Å². The molecule has 0 bridgehead atoms. The van der Waals surface area contributed by atoms with Crippen LogP contribution in [0, 0.1) is 5.92 Å². The summed E-state index contributed by atoms with van der Waals surface area (Å²) in [6, 6.07) is -0.527. The smallest absolute Gasteiger partial charge is 0.303 e. The number of nitrogens with two attached hydrogens (primary N) is 1. The van der Waals surface area contributed by atoms with E-state index in [2.05, 4.69) is 27.7 Å². The minimum absolute atomic E-state index is 0.0641.